The van der Waals surface area contributed by atoms with Crippen molar-refractivity contribution in [2.75, 3.05) is 38.8 Å². The molecule has 9 nitrogen and oxygen atoms in total. The van der Waals surface area contributed by atoms with Crippen molar-refractivity contribution in [3.05, 3.63) is 18.5 Å². The average Bonchev–Trinajstić information content (AvgIpc) is 2.67. The molecule has 24 heavy (non-hydrogen) atoms. The number of anilines is 1. The third kappa shape index (κ3) is 3.98. The number of methoxy groups -OCH3 is 2. The van der Waals surface area contributed by atoms with Gasteiger partial charge in [-0.25, -0.2) is 9.97 Å². The van der Waals surface area contributed by atoms with E-state index in [1.165, 1.54) is 14.2 Å². The molecule has 9 heteroatoms. The average molecular weight is 332 g/mol. The SMILES string of the molecule is COc1nc(OC)nc(N2CCC(COc3ncccn3)CC2)n1. The van der Waals surface area contributed by atoms with Crippen molar-refractivity contribution in [3.63, 3.8) is 0 Å². The Bertz CT molecular complexity index is 627. The van der Waals surface area contributed by atoms with Crippen molar-refractivity contribution < 1.29 is 14.2 Å². The topological polar surface area (TPSA) is 95.4 Å². The van der Waals surface area contributed by atoms with Crippen LogP contribution in [0, 0.1) is 5.92 Å². The second kappa shape index (κ2) is 7.71. The third-order valence-electron chi connectivity index (χ3n) is 3.84. The van der Waals surface area contributed by atoms with E-state index in [1.54, 1.807) is 18.5 Å². The van der Waals surface area contributed by atoms with E-state index in [2.05, 4.69) is 29.8 Å². The lowest BCUT2D eigenvalue weighted by Crippen LogP contribution is -2.36. The molecule has 0 aromatic carbocycles. The van der Waals surface area contributed by atoms with E-state index in [0.717, 1.165) is 25.9 Å². The van der Waals surface area contributed by atoms with Crippen molar-refractivity contribution in [3.8, 4) is 18.0 Å². The molecular formula is C15H20N6O3. The van der Waals surface area contributed by atoms with Crippen LogP contribution in [0.15, 0.2) is 18.5 Å². The van der Waals surface area contributed by atoms with Gasteiger partial charge >= 0.3 is 18.0 Å². The summed E-state index contributed by atoms with van der Waals surface area (Å²) in [6.45, 7) is 2.28. The number of ether oxygens (including phenoxy) is 3. The van der Waals surface area contributed by atoms with Crippen LogP contribution in [0.4, 0.5) is 5.95 Å². The van der Waals surface area contributed by atoms with Crippen molar-refractivity contribution in [1.82, 2.24) is 24.9 Å². The Morgan fingerprint density at radius 1 is 0.958 bits per heavy atom. The Kier molecular flexibility index (Phi) is 5.19. The predicted octanol–water partition coefficient (Wildman–Crippen LogP) is 0.974. The van der Waals surface area contributed by atoms with Crippen LogP contribution in [0.2, 0.25) is 0 Å². The molecule has 2 aromatic rings. The third-order valence-corrected chi connectivity index (χ3v) is 3.84. The van der Waals surface area contributed by atoms with E-state index in [-0.39, 0.29) is 12.0 Å². The molecule has 0 radical (unpaired) electrons. The first-order chi connectivity index (χ1) is 11.8. The summed E-state index contributed by atoms with van der Waals surface area (Å²) in [5.74, 6) is 1.03. The van der Waals surface area contributed by atoms with Crippen LogP contribution in [0.1, 0.15) is 12.8 Å². The standard InChI is InChI=1S/C15H20N6O3/c1-22-14-18-12(19-15(20-14)23-2)21-8-4-11(5-9-21)10-24-13-16-6-3-7-17-13/h3,6-7,11H,4-5,8-10H2,1-2H3. The maximum absolute atomic E-state index is 5.64. The highest BCUT2D eigenvalue weighted by atomic mass is 16.5. The first kappa shape index (κ1) is 16.2. The van der Waals surface area contributed by atoms with E-state index < -0.39 is 0 Å². The molecule has 0 N–H and O–H groups in total. The molecule has 1 aliphatic heterocycles. The summed E-state index contributed by atoms with van der Waals surface area (Å²) < 4.78 is 15.8. The molecule has 0 unspecified atom stereocenters. The highest BCUT2D eigenvalue weighted by Gasteiger charge is 2.23. The Morgan fingerprint density at radius 2 is 1.58 bits per heavy atom. The Labute approximate surface area is 140 Å². The van der Waals surface area contributed by atoms with Crippen molar-refractivity contribution in [2.45, 2.75) is 12.8 Å². The summed E-state index contributed by atoms with van der Waals surface area (Å²) >= 11 is 0. The Hall–Kier alpha value is -2.71. The van der Waals surface area contributed by atoms with Crippen molar-refractivity contribution in [1.29, 1.82) is 0 Å². The van der Waals surface area contributed by atoms with Gasteiger partial charge in [-0.3, -0.25) is 0 Å². The summed E-state index contributed by atoms with van der Waals surface area (Å²) in [5.41, 5.74) is 0. The fourth-order valence-electron chi connectivity index (χ4n) is 2.50. The largest absolute Gasteiger partial charge is 0.467 e. The molecule has 3 heterocycles. The number of piperidine rings is 1. The predicted molar refractivity (Wildman–Crippen MR) is 85.4 cm³/mol. The van der Waals surface area contributed by atoms with Crippen LogP contribution in [-0.2, 0) is 0 Å². The quantitative estimate of drug-likeness (QED) is 0.766. The molecule has 0 saturated carbocycles. The molecule has 1 fully saturated rings. The molecule has 0 amide bonds. The van der Waals surface area contributed by atoms with Gasteiger partial charge in [0.1, 0.15) is 0 Å². The van der Waals surface area contributed by atoms with Crippen LogP contribution < -0.4 is 19.1 Å². The molecule has 0 aliphatic carbocycles. The van der Waals surface area contributed by atoms with Gasteiger partial charge in [-0.1, -0.05) is 0 Å². The van der Waals surface area contributed by atoms with Gasteiger partial charge in [0.2, 0.25) is 5.95 Å². The van der Waals surface area contributed by atoms with Crippen molar-refractivity contribution in [2.24, 2.45) is 5.92 Å². The summed E-state index contributed by atoms with van der Waals surface area (Å²) in [4.78, 5) is 22.8. The van der Waals surface area contributed by atoms with E-state index >= 15 is 0 Å². The molecule has 3 rings (SSSR count). The monoisotopic (exact) mass is 332 g/mol. The second-order valence-corrected chi connectivity index (χ2v) is 5.38. The van der Waals surface area contributed by atoms with E-state index in [4.69, 9.17) is 14.2 Å². The second-order valence-electron chi connectivity index (χ2n) is 5.38. The zero-order valence-corrected chi connectivity index (χ0v) is 13.8. The van der Waals surface area contributed by atoms with E-state index in [1.807, 2.05) is 0 Å². The summed E-state index contributed by atoms with van der Waals surface area (Å²) in [5, 5.41) is 0. The minimum absolute atomic E-state index is 0.253. The van der Waals surface area contributed by atoms with Gasteiger partial charge in [-0.2, -0.15) is 9.97 Å². The zero-order valence-electron chi connectivity index (χ0n) is 13.8. The molecule has 0 bridgehead atoms. The number of hydrogen-bond donors (Lipinski definition) is 0. The van der Waals surface area contributed by atoms with Crippen molar-refractivity contribution >= 4 is 5.95 Å². The molecule has 1 saturated heterocycles. The van der Waals surface area contributed by atoms with E-state index in [9.17, 15) is 0 Å². The van der Waals surface area contributed by atoms with Gasteiger partial charge < -0.3 is 19.1 Å². The number of nitrogens with zero attached hydrogens (tertiary/aromatic N) is 6. The maximum Gasteiger partial charge on any atom is 0.324 e. The van der Waals surface area contributed by atoms with Crippen LogP contribution in [0.5, 0.6) is 18.0 Å². The zero-order chi connectivity index (χ0) is 16.8. The van der Waals surface area contributed by atoms with Crippen LogP contribution >= 0.6 is 0 Å². The minimum atomic E-state index is 0.253. The first-order valence-corrected chi connectivity index (χ1v) is 7.77. The highest BCUT2D eigenvalue weighted by Crippen LogP contribution is 2.23. The summed E-state index contributed by atoms with van der Waals surface area (Å²) in [6.07, 6.45) is 5.30. The van der Waals surface area contributed by atoms with Gasteiger partial charge in [0.25, 0.3) is 0 Å². The smallest absolute Gasteiger partial charge is 0.324 e. The van der Waals surface area contributed by atoms with Gasteiger partial charge in [-0.15, -0.1) is 4.98 Å². The molecule has 0 spiro atoms. The van der Waals surface area contributed by atoms with Gasteiger partial charge in [0.05, 0.1) is 20.8 Å². The van der Waals surface area contributed by atoms with Gasteiger partial charge in [0.15, 0.2) is 0 Å². The fourth-order valence-corrected chi connectivity index (χ4v) is 2.50. The number of hydrogen-bond acceptors (Lipinski definition) is 9. The normalized spacial score (nSPS) is 15.2. The molecule has 1 aliphatic rings. The lowest BCUT2D eigenvalue weighted by molar-refractivity contribution is 0.208. The minimum Gasteiger partial charge on any atom is -0.467 e. The Balaban J connectivity index is 1.55. The lowest BCUT2D eigenvalue weighted by Gasteiger charge is -2.31. The summed E-state index contributed by atoms with van der Waals surface area (Å²) in [6, 6.07) is 2.70. The number of aromatic nitrogens is 5. The Morgan fingerprint density at radius 3 is 2.17 bits per heavy atom. The summed E-state index contributed by atoms with van der Waals surface area (Å²) in [7, 11) is 3.04. The number of rotatable bonds is 6. The molecular weight excluding hydrogens is 312 g/mol. The van der Waals surface area contributed by atoms with E-state index in [0.29, 0.717) is 24.5 Å². The highest BCUT2D eigenvalue weighted by molar-refractivity contribution is 5.32. The first-order valence-electron chi connectivity index (χ1n) is 7.77. The lowest BCUT2D eigenvalue weighted by atomic mass is 9.98. The molecule has 2 aromatic heterocycles. The van der Waals surface area contributed by atoms with Crippen LogP contribution in [0.3, 0.4) is 0 Å². The fraction of sp³-hybridized carbons (Fsp3) is 0.533. The van der Waals surface area contributed by atoms with Gasteiger partial charge in [0, 0.05) is 25.5 Å². The molecule has 128 valence electrons. The maximum atomic E-state index is 5.64. The van der Waals surface area contributed by atoms with Gasteiger partial charge in [-0.05, 0) is 24.8 Å². The van der Waals surface area contributed by atoms with Crippen LogP contribution in [0.25, 0.3) is 0 Å². The van der Waals surface area contributed by atoms with Crippen LogP contribution in [-0.4, -0.2) is 58.8 Å². The molecule has 0 atom stereocenters.